The maximum atomic E-state index is 12.8. The van der Waals surface area contributed by atoms with Crippen LogP contribution in [0.15, 0.2) is 30.3 Å². The molecule has 2 aliphatic heterocycles. The first-order valence-corrected chi connectivity index (χ1v) is 9.14. The monoisotopic (exact) mass is 382 g/mol. The van der Waals surface area contributed by atoms with Gasteiger partial charge >= 0.3 is 6.18 Å². The number of amides is 1. The number of nitrogens with zero attached hydrogens (tertiary/aromatic N) is 2. The molecule has 148 valence electrons. The molecule has 27 heavy (non-hydrogen) atoms. The molecule has 2 saturated heterocycles. The molecule has 2 atom stereocenters. The summed E-state index contributed by atoms with van der Waals surface area (Å²) in [6.45, 7) is 3.83. The topological polar surface area (TPSA) is 43.8 Å². The van der Waals surface area contributed by atoms with Crippen molar-refractivity contribution in [3.63, 3.8) is 0 Å². The van der Waals surface area contributed by atoms with Crippen LogP contribution in [0.25, 0.3) is 6.08 Å². The fourth-order valence-corrected chi connectivity index (χ4v) is 4.56. The highest BCUT2D eigenvalue weighted by Crippen LogP contribution is 2.54. The number of likely N-dealkylation sites (tertiary alicyclic amines) is 2. The van der Waals surface area contributed by atoms with Crippen molar-refractivity contribution in [3.05, 3.63) is 41.5 Å². The van der Waals surface area contributed by atoms with Gasteiger partial charge in [0.25, 0.3) is 0 Å². The third-order valence-corrected chi connectivity index (χ3v) is 5.79. The SMILES string of the molecule is C/C=C/c1ccc([C@@H]2[C@@H](CO)N(CCC(F)(F)F)C23CN(C(C)=O)C3)cc1. The molecule has 0 unspecified atom stereocenters. The Morgan fingerprint density at radius 3 is 2.41 bits per heavy atom. The Labute approximate surface area is 157 Å². The van der Waals surface area contributed by atoms with Gasteiger partial charge in [0.2, 0.25) is 5.91 Å². The first kappa shape index (κ1) is 19.9. The minimum Gasteiger partial charge on any atom is -0.395 e. The number of alkyl halides is 3. The van der Waals surface area contributed by atoms with Crippen LogP contribution in [0.3, 0.4) is 0 Å². The van der Waals surface area contributed by atoms with E-state index in [4.69, 9.17) is 0 Å². The van der Waals surface area contributed by atoms with Gasteiger partial charge in [0.1, 0.15) is 0 Å². The zero-order valence-corrected chi connectivity index (χ0v) is 15.5. The number of allylic oxidation sites excluding steroid dienone is 1. The first-order valence-electron chi connectivity index (χ1n) is 9.14. The molecule has 1 aromatic carbocycles. The maximum Gasteiger partial charge on any atom is 0.390 e. The molecule has 0 bridgehead atoms. The molecule has 0 aromatic heterocycles. The lowest BCUT2D eigenvalue weighted by Crippen LogP contribution is -2.85. The molecule has 1 amide bonds. The van der Waals surface area contributed by atoms with Gasteiger partial charge in [-0.25, -0.2) is 0 Å². The van der Waals surface area contributed by atoms with Crippen molar-refractivity contribution < 1.29 is 23.1 Å². The van der Waals surface area contributed by atoms with Gasteiger partial charge in [-0.2, -0.15) is 13.2 Å². The molecule has 1 spiro atoms. The molecule has 1 N–H and O–H groups in total. The molecule has 0 saturated carbocycles. The van der Waals surface area contributed by atoms with E-state index in [1.165, 1.54) is 6.92 Å². The summed E-state index contributed by atoms with van der Waals surface area (Å²) in [5.74, 6) is -0.169. The normalized spacial score (nSPS) is 24.9. The number of hydrogen-bond acceptors (Lipinski definition) is 3. The molecule has 4 nitrogen and oxygen atoms in total. The summed E-state index contributed by atoms with van der Waals surface area (Å²) >= 11 is 0. The van der Waals surface area contributed by atoms with Crippen LogP contribution in [0, 0.1) is 0 Å². The van der Waals surface area contributed by atoms with Crippen molar-refractivity contribution in [3.8, 4) is 0 Å². The molecule has 2 aliphatic rings. The largest absolute Gasteiger partial charge is 0.395 e. The number of rotatable bonds is 5. The summed E-state index contributed by atoms with van der Waals surface area (Å²) in [5.41, 5.74) is 1.52. The quantitative estimate of drug-likeness (QED) is 0.851. The van der Waals surface area contributed by atoms with Gasteiger partial charge < -0.3 is 10.0 Å². The standard InChI is InChI=1S/C20H25F3N2O2/c1-3-4-15-5-7-16(8-6-15)18-17(11-26)25(10-9-20(21,22)23)19(18)12-24(13-19)14(2)27/h3-8,17-18,26H,9-13H2,1-2H3/b4-3+/t17-,18-/m1/s1. The van der Waals surface area contributed by atoms with Crippen LogP contribution < -0.4 is 0 Å². The fourth-order valence-electron chi connectivity index (χ4n) is 4.56. The Morgan fingerprint density at radius 1 is 1.30 bits per heavy atom. The summed E-state index contributed by atoms with van der Waals surface area (Å²) in [7, 11) is 0. The highest BCUT2D eigenvalue weighted by Gasteiger charge is 2.66. The fraction of sp³-hybridized carbons (Fsp3) is 0.550. The summed E-state index contributed by atoms with van der Waals surface area (Å²) in [6, 6.07) is 7.52. The molecule has 2 heterocycles. The lowest BCUT2D eigenvalue weighted by molar-refractivity contribution is -0.209. The molecule has 7 heteroatoms. The van der Waals surface area contributed by atoms with E-state index in [0.717, 1.165) is 11.1 Å². The predicted octanol–water partition coefficient (Wildman–Crippen LogP) is 3.03. The summed E-state index contributed by atoms with van der Waals surface area (Å²) in [4.78, 5) is 15.1. The highest BCUT2D eigenvalue weighted by molar-refractivity contribution is 5.75. The summed E-state index contributed by atoms with van der Waals surface area (Å²) in [5, 5.41) is 9.87. The summed E-state index contributed by atoms with van der Waals surface area (Å²) in [6.07, 6.45) is -1.26. The Hall–Kier alpha value is -1.86. The lowest BCUT2D eigenvalue weighted by Gasteiger charge is -2.70. The summed E-state index contributed by atoms with van der Waals surface area (Å²) < 4.78 is 38.3. The smallest absolute Gasteiger partial charge is 0.390 e. The van der Waals surface area contributed by atoms with Crippen LogP contribution in [0.5, 0.6) is 0 Å². The third-order valence-electron chi connectivity index (χ3n) is 5.79. The van der Waals surface area contributed by atoms with Crippen LogP contribution >= 0.6 is 0 Å². The van der Waals surface area contributed by atoms with Crippen molar-refractivity contribution in [2.24, 2.45) is 0 Å². The number of hydrogen-bond donors (Lipinski definition) is 1. The van der Waals surface area contributed by atoms with Gasteiger partial charge in [-0.15, -0.1) is 0 Å². The second kappa shape index (κ2) is 7.28. The number of benzene rings is 1. The first-order chi connectivity index (χ1) is 12.7. The van der Waals surface area contributed by atoms with Gasteiger partial charge in [-0.05, 0) is 18.1 Å². The van der Waals surface area contributed by atoms with Crippen molar-refractivity contribution in [2.75, 3.05) is 26.2 Å². The van der Waals surface area contributed by atoms with E-state index in [0.29, 0.717) is 13.1 Å². The van der Waals surface area contributed by atoms with E-state index in [1.54, 1.807) is 9.80 Å². The van der Waals surface area contributed by atoms with Crippen LogP contribution in [0.2, 0.25) is 0 Å². The van der Waals surface area contributed by atoms with Gasteiger partial charge in [0.15, 0.2) is 0 Å². The average Bonchev–Trinajstić information content (AvgIpc) is 2.53. The third kappa shape index (κ3) is 3.62. The maximum absolute atomic E-state index is 12.8. The highest BCUT2D eigenvalue weighted by atomic mass is 19.4. The second-order valence-corrected chi connectivity index (χ2v) is 7.43. The Kier molecular flexibility index (Phi) is 5.36. The van der Waals surface area contributed by atoms with E-state index >= 15 is 0 Å². The van der Waals surface area contributed by atoms with Gasteiger partial charge in [0.05, 0.1) is 18.6 Å². The molecular weight excluding hydrogens is 357 g/mol. The minimum atomic E-state index is -4.25. The average molecular weight is 382 g/mol. The number of aliphatic hydroxyl groups is 1. The van der Waals surface area contributed by atoms with Crippen LogP contribution in [-0.4, -0.2) is 64.8 Å². The molecule has 3 rings (SSSR count). The van der Waals surface area contributed by atoms with Crippen LogP contribution in [0.4, 0.5) is 13.2 Å². The van der Waals surface area contributed by atoms with Crippen molar-refractivity contribution >= 4 is 12.0 Å². The second-order valence-electron chi connectivity index (χ2n) is 7.43. The molecule has 0 aliphatic carbocycles. The van der Waals surface area contributed by atoms with E-state index in [9.17, 15) is 23.1 Å². The minimum absolute atomic E-state index is 0.0778. The predicted molar refractivity (Wildman–Crippen MR) is 97.1 cm³/mol. The van der Waals surface area contributed by atoms with E-state index in [-0.39, 0.29) is 31.0 Å². The zero-order chi connectivity index (χ0) is 19.8. The Morgan fingerprint density at radius 2 is 1.93 bits per heavy atom. The number of carbonyl (C=O) groups excluding carboxylic acids is 1. The van der Waals surface area contributed by atoms with Gasteiger partial charge in [0, 0.05) is 38.5 Å². The van der Waals surface area contributed by atoms with Crippen LogP contribution in [0.1, 0.15) is 37.3 Å². The van der Waals surface area contributed by atoms with Gasteiger partial charge in [-0.3, -0.25) is 9.69 Å². The van der Waals surface area contributed by atoms with Crippen molar-refractivity contribution in [2.45, 2.75) is 43.9 Å². The van der Waals surface area contributed by atoms with E-state index in [1.807, 2.05) is 43.3 Å². The Bertz CT molecular complexity index is 709. The van der Waals surface area contributed by atoms with Crippen molar-refractivity contribution in [1.82, 2.24) is 9.80 Å². The Balaban J connectivity index is 1.86. The van der Waals surface area contributed by atoms with Crippen molar-refractivity contribution in [1.29, 1.82) is 0 Å². The van der Waals surface area contributed by atoms with Gasteiger partial charge in [-0.1, -0.05) is 36.4 Å². The lowest BCUT2D eigenvalue weighted by atomic mass is 9.60. The van der Waals surface area contributed by atoms with E-state index < -0.39 is 18.1 Å². The molecule has 2 fully saturated rings. The van der Waals surface area contributed by atoms with E-state index in [2.05, 4.69) is 0 Å². The number of carbonyl (C=O) groups is 1. The number of aliphatic hydroxyl groups excluding tert-OH is 1. The van der Waals surface area contributed by atoms with Crippen LogP contribution in [-0.2, 0) is 4.79 Å². The molecule has 0 radical (unpaired) electrons. The molecular formula is C20H25F3N2O2. The zero-order valence-electron chi connectivity index (χ0n) is 15.5. The number of halogens is 3. The molecule has 1 aromatic rings.